The van der Waals surface area contributed by atoms with Crippen molar-refractivity contribution in [1.29, 1.82) is 0 Å². The molecule has 1 heterocycles. The van der Waals surface area contributed by atoms with Crippen LogP contribution in [0.5, 0.6) is 0 Å². The molecule has 0 unspecified atom stereocenters. The van der Waals surface area contributed by atoms with Gasteiger partial charge in [0.15, 0.2) is 5.89 Å². The molecule has 142 valence electrons. The fourth-order valence-corrected chi connectivity index (χ4v) is 2.47. The molecule has 2 amide bonds. The molecule has 25 heavy (non-hydrogen) atoms. The zero-order chi connectivity index (χ0) is 19.6. The Hall–Kier alpha value is -2.30. The number of nitrogens with zero attached hydrogens (tertiary/aromatic N) is 1. The summed E-state index contributed by atoms with van der Waals surface area (Å²) >= 11 is 0. The Balaban J connectivity index is 3.01. The summed E-state index contributed by atoms with van der Waals surface area (Å²) in [4.78, 5) is 27.2. The number of carbonyl (C=O) groups is 2. The second-order valence-corrected chi connectivity index (χ2v) is 8.70. The van der Waals surface area contributed by atoms with E-state index >= 15 is 0 Å². The van der Waals surface area contributed by atoms with Gasteiger partial charge in [0.25, 0.3) is 10.0 Å². The molecule has 0 aliphatic heterocycles. The standard InChI is InChI=1S/C14H23N3O7S/c1-8-15-10(9(22-8)16-11(18)23-13(2,3)4)25(20,21)17-12(19)24-14(5,6)7/h1-7H3,(H,16,18)(H,17,19). The number of amides is 2. The average Bonchev–Trinajstić information content (AvgIpc) is 2.64. The quantitative estimate of drug-likeness (QED) is 0.820. The first-order valence-corrected chi connectivity index (χ1v) is 8.80. The second-order valence-electron chi connectivity index (χ2n) is 7.10. The van der Waals surface area contributed by atoms with Gasteiger partial charge in [0.05, 0.1) is 0 Å². The van der Waals surface area contributed by atoms with E-state index in [1.165, 1.54) is 6.92 Å². The molecule has 0 saturated carbocycles. The molecular weight excluding hydrogens is 354 g/mol. The van der Waals surface area contributed by atoms with Gasteiger partial charge in [-0.3, -0.25) is 5.32 Å². The summed E-state index contributed by atoms with van der Waals surface area (Å²) in [5, 5.41) is 1.49. The fraction of sp³-hybridized carbons (Fsp3) is 0.643. The topological polar surface area (TPSA) is 137 Å². The van der Waals surface area contributed by atoms with Gasteiger partial charge in [0.1, 0.15) is 11.2 Å². The molecule has 0 bridgehead atoms. The van der Waals surface area contributed by atoms with Gasteiger partial charge in [0, 0.05) is 6.92 Å². The smallest absolute Gasteiger partial charge is 0.421 e. The summed E-state index contributed by atoms with van der Waals surface area (Å²) in [5.74, 6) is -0.501. The van der Waals surface area contributed by atoms with Crippen molar-refractivity contribution in [2.75, 3.05) is 5.32 Å². The summed E-state index contributed by atoms with van der Waals surface area (Å²) in [6, 6.07) is 0. The Morgan fingerprint density at radius 3 is 1.96 bits per heavy atom. The number of aryl methyl sites for hydroxylation is 1. The lowest BCUT2D eigenvalue weighted by Crippen LogP contribution is -2.37. The molecular formula is C14H23N3O7S. The number of sulfonamides is 1. The van der Waals surface area contributed by atoms with Crippen molar-refractivity contribution in [3.8, 4) is 0 Å². The van der Waals surface area contributed by atoms with E-state index in [0.29, 0.717) is 0 Å². The van der Waals surface area contributed by atoms with E-state index in [-0.39, 0.29) is 5.89 Å². The molecule has 1 rings (SSSR count). The van der Waals surface area contributed by atoms with Gasteiger partial charge in [-0.2, -0.15) is 13.4 Å². The van der Waals surface area contributed by atoms with Crippen molar-refractivity contribution in [2.45, 2.75) is 64.7 Å². The van der Waals surface area contributed by atoms with Gasteiger partial charge in [-0.25, -0.2) is 14.3 Å². The number of ether oxygens (including phenoxy) is 2. The largest absolute Gasteiger partial charge is 0.444 e. The van der Waals surface area contributed by atoms with Gasteiger partial charge < -0.3 is 13.9 Å². The van der Waals surface area contributed by atoms with Crippen LogP contribution >= 0.6 is 0 Å². The Bertz CT molecular complexity index is 754. The number of oxazole rings is 1. The van der Waals surface area contributed by atoms with Crippen LogP contribution in [0.1, 0.15) is 47.4 Å². The molecule has 0 aliphatic carbocycles. The number of nitrogens with one attached hydrogen (secondary N) is 2. The highest BCUT2D eigenvalue weighted by atomic mass is 32.2. The third-order valence-corrected chi connectivity index (χ3v) is 3.41. The maximum absolute atomic E-state index is 12.3. The van der Waals surface area contributed by atoms with Crippen molar-refractivity contribution >= 4 is 28.1 Å². The SMILES string of the molecule is Cc1nc(S(=O)(=O)NC(=O)OC(C)(C)C)c(NC(=O)OC(C)(C)C)o1. The molecule has 10 nitrogen and oxygen atoms in total. The Morgan fingerprint density at radius 1 is 1.00 bits per heavy atom. The summed E-state index contributed by atoms with van der Waals surface area (Å²) in [7, 11) is -4.43. The lowest BCUT2D eigenvalue weighted by molar-refractivity contribution is 0.0568. The predicted octanol–water partition coefficient (Wildman–Crippen LogP) is 2.54. The van der Waals surface area contributed by atoms with Crippen LogP contribution in [0.15, 0.2) is 9.44 Å². The Labute approximate surface area is 146 Å². The normalized spacial score (nSPS) is 12.4. The summed E-state index contributed by atoms with van der Waals surface area (Å²) in [6.07, 6.45) is -2.12. The van der Waals surface area contributed by atoms with Crippen molar-refractivity contribution in [3.63, 3.8) is 0 Å². The monoisotopic (exact) mass is 377 g/mol. The molecule has 11 heteroatoms. The zero-order valence-corrected chi connectivity index (χ0v) is 16.0. The predicted molar refractivity (Wildman–Crippen MR) is 87.7 cm³/mol. The Morgan fingerprint density at radius 2 is 1.48 bits per heavy atom. The number of carbonyl (C=O) groups excluding carboxylic acids is 2. The van der Waals surface area contributed by atoms with E-state index < -0.39 is 44.3 Å². The van der Waals surface area contributed by atoms with E-state index in [1.54, 1.807) is 46.3 Å². The number of rotatable bonds is 3. The number of anilines is 1. The molecule has 0 radical (unpaired) electrons. The number of hydrogen-bond donors (Lipinski definition) is 2. The van der Waals surface area contributed by atoms with Gasteiger partial charge in [-0.1, -0.05) is 0 Å². The van der Waals surface area contributed by atoms with Gasteiger partial charge in [-0.15, -0.1) is 0 Å². The first-order chi connectivity index (χ1) is 11.1. The summed E-state index contributed by atoms with van der Waals surface area (Å²) < 4.78 is 41.3. The third-order valence-electron chi connectivity index (χ3n) is 2.19. The maximum atomic E-state index is 12.3. The van der Waals surface area contributed by atoms with Crippen molar-refractivity contribution in [1.82, 2.24) is 9.71 Å². The van der Waals surface area contributed by atoms with Crippen LogP contribution in [0.25, 0.3) is 0 Å². The van der Waals surface area contributed by atoms with Gasteiger partial charge >= 0.3 is 12.2 Å². The van der Waals surface area contributed by atoms with E-state index in [2.05, 4.69) is 10.3 Å². The number of hydrogen-bond acceptors (Lipinski definition) is 8. The van der Waals surface area contributed by atoms with Crippen LogP contribution in [0.3, 0.4) is 0 Å². The summed E-state index contributed by atoms with van der Waals surface area (Å²) in [6.45, 7) is 11.0. The van der Waals surface area contributed by atoms with Crippen molar-refractivity contribution < 1.29 is 31.9 Å². The van der Waals surface area contributed by atoms with Crippen LogP contribution in [0.4, 0.5) is 15.5 Å². The van der Waals surface area contributed by atoms with Crippen molar-refractivity contribution in [2.24, 2.45) is 0 Å². The van der Waals surface area contributed by atoms with Crippen LogP contribution in [0, 0.1) is 6.92 Å². The molecule has 0 spiro atoms. The van der Waals surface area contributed by atoms with E-state index in [0.717, 1.165) is 0 Å². The first kappa shape index (κ1) is 20.7. The minimum atomic E-state index is -4.43. The van der Waals surface area contributed by atoms with Crippen LogP contribution in [-0.2, 0) is 19.5 Å². The highest BCUT2D eigenvalue weighted by Crippen LogP contribution is 2.23. The molecule has 0 saturated heterocycles. The number of aromatic nitrogens is 1. The molecule has 1 aromatic heterocycles. The second kappa shape index (κ2) is 6.90. The average molecular weight is 377 g/mol. The van der Waals surface area contributed by atoms with E-state index in [9.17, 15) is 18.0 Å². The van der Waals surface area contributed by atoms with E-state index in [4.69, 9.17) is 13.9 Å². The maximum Gasteiger partial charge on any atom is 0.421 e. The lowest BCUT2D eigenvalue weighted by atomic mass is 10.2. The molecule has 0 fully saturated rings. The third kappa shape index (κ3) is 6.99. The molecule has 1 aromatic rings. The molecule has 2 N–H and O–H groups in total. The summed E-state index contributed by atoms with van der Waals surface area (Å²) in [5.41, 5.74) is -1.69. The minimum absolute atomic E-state index is 0.0318. The van der Waals surface area contributed by atoms with E-state index in [1.807, 2.05) is 0 Å². The lowest BCUT2D eigenvalue weighted by Gasteiger charge is -2.20. The highest BCUT2D eigenvalue weighted by Gasteiger charge is 2.31. The minimum Gasteiger partial charge on any atom is -0.444 e. The van der Waals surface area contributed by atoms with Gasteiger partial charge in [0.2, 0.25) is 10.9 Å². The highest BCUT2D eigenvalue weighted by molar-refractivity contribution is 7.90. The van der Waals surface area contributed by atoms with Gasteiger partial charge in [-0.05, 0) is 41.5 Å². The molecule has 0 aromatic carbocycles. The Kier molecular flexibility index (Phi) is 5.73. The zero-order valence-electron chi connectivity index (χ0n) is 15.2. The fourth-order valence-electron chi connectivity index (χ4n) is 1.52. The van der Waals surface area contributed by atoms with Crippen molar-refractivity contribution in [3.05, 3.63) is 5.89 Å². The molecule has 0 aliphatic rings. The van der Waals surface area contributed by atoms with Crippen LogP contribution < -0.4 is 10.0 Å². The molecule has 0 atom stereocenters. The van der Waals surface area contributed by atoms with Crippen LogP contribution in [-0.4, -0.2) is 36.8 Å². The first-order valence-electron chi connectivity index (χ1n) is 7.32. The van der Waals surface area contributed by atoms with Crippen LogP contribution in [0.2, 0.25) is 0 Å².